The monoisotopic (exact) mass is 388 g/mol. The van der Waals surface area contributed by atoms with Gasteiger partial charge in [-0.2, -0.15) is 0 Å². The fourth-order valence-electron chi connectivity index (χ4n) is 2.32. The first-order valence-corrected chi connectivity index (χ1v) is 7.84. The minimum atomic E-state index is -0.643. The van der Waals surface area contributed by atoms with E-state index in [9.17, 15) is 14.7 Å². The Hall–Kier alpha value is -2.80. The van der Waals surface area contributed by atoms with E-state index in [1.54, 1.807) is 19.1 Å². The molecule has 24 heavy (non-hydrogen) atoms. The number of carbonyl (C=O) groups is 2. The SMILES string of the molecule is Cc1c(C(=O)NNC(=O)c2cc(Br)ccc2O)oc2ccccc12. The van der Waals surface area contributed by atoms with Crippen LogP contribution in [-0.4, -0.2) is 16.9 Å². The van der Waals surface area contributed by atoms with Gasteiger partial charge in [-0.15, -0.1) is 0 Å². The summed E-state index contributed by atoms with van der Waals surface area (Å²) in [5.41, 5.74) is 5.85. The van der Waals surface area contributed by atoms with Crippen molar-refractivity contribution in [2.45, 2.75) is 6.92 Å². The molecule has 3 rings (SSSR count). The summed E-state index contributed by atoms with van der Waals surface area (Å²) < 4.78 is 6.15. The van der Waals surface area contributed by atoms with E-state index in [4.69, 9.17) is 4.42 Å². The van der Waals surface area contributed by atoms with Crippen LogP contribution in [-0.2, 0) is 0 Å². The van der Waals surface area contributed by atoms with Crippen molar-refractivity contribution < 1.29 is 19.1 Å². The lowest BCUT2D eigenvalue weighted by Crippen LogP contribution is -2.41. The molecule has 3 N–H and O–H groups in total. The van der Waals surface area contributed by atoms with E-state index in [0.29, 0.717) is 15.6 Å². The second-order valence-corrected chi connectivity index (χ2v) is 6.04. The smallest absolute Gasteiger partial charge is 0.305 e. The molecule has 0 aliphatic carbocycles. The molecule has 0 bridgehead atoms. The molecule has 2 aromatic carbocycles. The number of phenols is 1. The van der Waals surface area contributed by atoms with E-state index in [1.807, 2.05) is 18.2 Å². The Balaban J connectivity index is 1.76. The summed E-state index contributed by atoms with van der Waals surface area (Å²) in [6, 6.07) is 11.7. The van der Waals surface area contributed by atoms with Crippen LogP contribution in [0.5, 0.6) is 5.75 Å². The number of aryl methyl sites for hydroxylation is 1. The number of para-hydroxylation sites is 1. The zero-order valence-electron chi connectivity index (χ0n) is 12.6. The fraction of sp³-hybridized carbons (Fsp3) is 0.0588. The van der Waals surface area contributed by atoms with Crippen LogP contribution in [0.1, 0.15) is 26.5 Å². The molecule has 122 valence electrons. The molecular weight excluding hydrogens is 376 g/mol. The summed E-state index contributed by atoms with van der Waals surface area (Å²) in [7, 11) is 0. The van der Waals surface area contributed by atoms with Crippen LogP contribution < -0.4 is 10.9 Å². The fourth-order valence-corrected chi connectivity index (χ4v) is 2.68. The molecular formula is C17H13BrN2O4. The normalized spacial score (nSPS) is 10.6. The van der Waals surface area contributed by atoms with Gasteiger partial charge in [-0.05, 0) is 31.2 Å². The van der Waals surface area contributed by atoms with E-state index in [1.165, 1.54) is 12.1 Å². The molecule has 0 spiro atoms. The van der Waals surface area contributed by atoms with Crippen molar-refractivity contribution in [3.63, 3.8) is 0 Å². The van der Waals surface area contributed by atoms with Gasteiger partial charge in [0, 0.05) is 15.4 Å². The lowest BCUT2D eigenvalue weighted by molar-refractivity contribution is 0.0830. The molecule has 0 fully saturated rings. The van der Waals surface area contributed by atoms with Crippen molar-refractivity contribution in [3.05, 3.63) is 63.8 Å². The Labute approximate surface area is 145 Å². The summed E-state index contributed by atoms with van der Waals surface area (Å²) in [6.07, 6.45) is 0. The van der Waals surface area contributed by atoms with Crippen LogP contribution in [0.15, 0.2) is 51.4 Å². The summed E-state index contributed by atoms with van der Waals surface area (Å²) >= 11 is 3.22. The predicted molar refractivity (Wildman–Crippen MR) is 91.7 cm³/mol. The third kappa shape index (κ3) is 2.98. The maximum atomic E-state index is 12.2. The molecule has 6 nitrogen and oxygen atoms in total. The molecule has 3 aromatic rings. The Morgan fingerprint density at radius 2 is 1.79 bits per heavy atom. The molecule has 0 saturated carbocycles. The van der Waals surface area contributed by atoms with Gasteiger partial charge < -0.3 is 9.52 Å². The summed E-state index contributed by atoms with van der Waals surface area (Å²) in [5.74, 6) is -1.29. The largest absolute Gasteiger partial charge is 0.507 e. The summed E-state index contributed by atoms with van der Waals surface area (Å²) in [6.45, 7) is 1.77. The van der Waals surface area contributed by atoms with Crippen molar-refractivity contribution >= 4 is 38.7 Å². The number of hydrogen-bond donors (Lipinski definition) is 3. The highest BCUT2D eigenvalue weighted by atomic mass is 79.9. The van der Waals surface area contributed by atoms with Crippen LogP contribution in [0.3, 0.4) is 0 Å². The average molecular weight is 389 g/mol. The Kier molecular flexibility index (Phi) is 4.26. The lowest BCUT2D eigenvalue weighted by Gasteiger charge is -2.08. The third-order valence-electron chi connectivity index (χ3n) is 3.54. The van der Waals surface area contributed by atoms with E-state index in [0.717, 1.165) is 5.39 Å². The second-order valence-electron chi connectivity index (χ2n) is 5.12. The van der Waals surface area contributed by atoms with Crippen LogP contribution >= 0.6 is 15.9 Å². The topological polar surface area (TPSA) is 91.6 Å². The molecule has 0 aliphatic heterocycles. The summed E-state index contributed by atoms with van der Waals surface area (Å²) in [4.78, 5) is 24.3. The van der Waals surface area contributed by atoms with E-state index >= 15 is 0 Å². The van der Waals surface area contributed by atoms with Gasteiger partial charge in [-0.1, -0.05) is 34.1 Å². The first kappa shape index (κ1) is 16.1. The van der Waals surface area contributed by atoms with Gasteiger partial charge in [-0.25, -0.2) is 0 Å². The van der Waals surface area contributed by atoms with Crippen molar-refractivity contribution in [2.24, 2.45) is 0 Å². The molecule has 2 amide bonds. The maximum absolute atomic E-state index is 12.2. The van der Waals surface area contributed by atoms with Crippen LogP contribution in [0.4, 0.5) is 0 Å². The van der Waals surface area contributed by atoms with Gasteiger partial charge in [0.15, 0.2) is 5.76 Å². The quantitative estimate of drug-likeness (QED) is 0.587. The number of amides is 2. The number of furan rings is 1. The van der Waals surface area contributed by atoms with Crippen LogP contribution in [0.25, 0.3) is 11.0 Å². The minimum absolute atomic E-state index is 0.0333. The van der Waals surface area contributed by atoms with Gasteiger partial charge in [-0.3, -0.25) is 20.4 Å². The lowest BCUT2D eigenvalue weighted by atomic mass is 10.1. The van der Waals surface area contributed by atoms with Gasteiger partial charge in [0.25, 0.3) is 5.91 Å². The van der Waals surface area contributed by atoms with Crippen molar-refractivity contribution in [1.82, 2.24) is 10.9 Å². The molecule has 0 radical (unpaired) electrons. The highest BCUT2D eigenvalue weighted by Crippen LogP contribution is 2.25. The first-order valence-electron chi connectivity index (χ1n) is 7.04. The maximum Gasteiger partial charge on any atom is 0.305 e. The van der Waals surface area contributed by atoms with E-state index in [-0.39, 0.29) is 17.1 Å². The second kappa shape index (κ2) is 6.37. The molecule has 0 aliphatic rings. The van der Waals surface area contributed by atoms with Gasteiger partial charge in [0.2, 0.25) is 0 Å². The molecule has 0 saturated heterocycles. The third-order valence-corrected chi connectivity index (χ3v) is 4.04. The van der Waals surface area contributed by atoms with Gasteiger partial charge >= 0.3 is 5.91 Å². The zero-order valence-corrected chi connectivity index (χ0v) is 14.2. The number of aromatic hydroxyl groups is 1. The van der Waals surface area contributed by atoms with Crippen molar-refractivity contribution in [1.29, 1.82) is 0 Å². The predicted octanol–water partition coefficient (Wildman–Crippen LogP) is 3.28. The average Bonchev–Trinajstić information content (AvgIpc) is 2.92. The minimum Gasteiger partial charge on any atom is -0.507 e. The number of halogens is 1. The molecule has 0 atom stereocenters. The first-order chi connectivity index (χ1) is 11.5. The number of fused-ring (bicyclic) bond motifs is 1. The highest BCUT2D eigenvalue weighted by molar-refractivity contribution is 9.10. The number of nitrogens with one attached hydrogen (secondary N) is 2. The number of phenolic OH excluding ortho intramolecular Hbond substituents is 1. The number of hydrogen-bond acceptors (Lipinski definition) is 4. The molecule has 0 unspecified atom stereocenters. The number of carbonyl (C=O) groups excluding carboxylic acids is 2. The van der Waals surface area contributed by atoms with E-state index in [2.05, 4.69) is 26.8 Å². The Bertz CT molecular complexity index is 949. The Morgan fingerprint density at radius 1 is 1.08 bits per heavy atom. The number of hydrazine groups is 1. The van der Waals surface area contributed by atoms with Crippen LogP contribution in [0.2, 0.25) is 0 Å². The molecule has 1 heterocycles. The Morgan fingerprint density at radius 3 is 2.54 bits per heavy atom. The number of benzene rings is 2. The van der Waals surface area contributed by atoms with Gasteiger partial charge in [0.1, 0.15) is 11.3 Å². The highest BCUT2D eigenvalue weighted by Gasteiger charge is 2.19. The van der Waals surface area contributed by atoms with E-state index < -0.39 is 11.8 Å². The number of rotatable bonds is 2. The molecule has 1 aromatic heterocycles. The van der Waals surface area contributed by atoms with Crippen LogP contribution in [0, 0.1) is 6.92 Å². The zero-order chi connectivity index (χ0) is 17.3. The summed E-state index contributed by atoms with van der Waals surface area (Å²) in [5, 5.41) is 10.5. The standard InChI is InChI=1S/C17H13BrN2O4/c1-9-11-4-2-3-5-14(11)24-15(9)17(23)20-19-16(22)12-8-10(18)6-7-13(12)21/h2-8,21H,1H3,(H,19,22)(H,20,23). The molecule has 7 heteroatoms. The van der Waals surface area contributed by atoms with Gasteiger partial charge in [0.05, 0.1) is 5.56 Å². The van der Waals surface area contributed by atoms with Crippen molar-refractivity contribution in [2.75, 3.05) is 0 Å². The van der Waals surface area contributed by atoms with Crippen molar-refractivity contribution in [3.8, 4) is 5.75 Å².